The minimum atomic E-state index is -0.0693. The van der Waals surface area contributed by atoms with Gasteiger partial charge >= 0.3 is 0 Å². The maximum absolute atomic E-state index is 13.5. The second-order valence-electron chi connectivity index (χ2n) is 9.14. The van der Waals surface area contributed by atoms with E-state index in [1.807, 2.05) is 30.3 Å². The van der Waals surface area contributed by atoms with E-state index in [-0.39, 0.29) is 22.8 Å². The Balaban J connectivity index is 1.57. The molecule has 1 amide bonds. The summed E-state index contributed by atoms with van der Waals surface area (Å²) < 4.78 is 0. The van der Waals surface area contributed by atoms with Crippen molar-refractivity contribution in [3.8, 4) is 6.07 Å². The number of nitrogens with zero attached hydrogens (tertiary/aromatic N) is 3. The molecule has 1 aliphatic heterocycles. The van der Waals surface area contributed by atoms with Gasteiger partial charge in [0, 0.05) is 23.6 Å². The number of aromatic nitrogens is 2. The van der Waals surface area contributed by atoms with Crippen LogP contribution < -0.4 is 0 Å². The Labute approximate surface area is 170 Å². The number of amides is 1. The molecule has 1 saturated heterocycles. The zero-order chi connectivity index (χ0) is 20.4. The van der Waals surface area contributed by atoms with Crippen LogP contribution in [0.1, 0.15) is 54.2 Å². The number of piperidine rings is 1. The molecule has 2 heterocycles. The highest BCUT2D eigenvalue weighted by atomic mass is 16.2. The Bertz CT molecular complexity index is 1190. The Hall–Kier alpha value is -3.13. The number of likely N-dealkylation sites (tertiary alicyclic amines) is 1. The molecule has 29 heavy (non-hydrogen) atoms. The van der Waals surface area contributed by atoms with Gasteiger partial charge < -0.3 is 9.88 Å². The van der Waals surface area contributed by atoms with Gasteiger partial charge in [-0.3, -0.25) is 4.79 Å². The molecule has 2 aliphatic rings. The van der Waals surface area contributed by atoms with Crippen LogP contribution in [-0.2, 0) is 11.8 Å². The van der Waals surface area contributed by atoms with E-state index in [0.717, 1.165) is 30.4 Å². The first-order valence-corrected chi connectivity index (χ1v) is 10.1. The van der Waals surface area contributed by atoms with Crippen molar-refractivity contribution in [2.24, 2.45) is 5.41 Å². The third kappa shape index (κ3) is 2.38. The van der Waals surface area contributed by atoms with Crippen LogP contribution in [-0.4, -0.2) is 33.4 Å². The van der Waals surface area contributed by atoms with E-state index >= 15 is 0 Å². The number of fused-ring (bicyclic) bond motifs is 5. The average Bonchev–Trinajstić information content (AvgIpc) is 3.17. The van der Waals surface area contributed by atoms with Crippen LogP contribution >= 0.6 is 0 Å². The molecule has 2 aromatic carbocycles. The molecule has 146 valence electrons. The van der Waals surface area contributed by atoms with E-state index in [9.17, 15) is 10.1 Å². The van der Waals surface area contributed by atoms with E-state index in [0.29, 0.717) is 11.1 Å². The molecular weight excluding hydrogens is 360 g/mol. The number of carbonyl (C=O) groups is 1. The van der Waals surface area contributed by atoms with Crippen LogP contribution in [0.25, 0.3) is 11.0 Å². The highest BCUT2D eigenvalue weighted by Crippen LogP contribution is 2.56. The molecule has 5 rings (SSSR count). The smallest absolute Gasteiger partial charge is 0.254 e. The van der Waals surface area contributed by atoms with Crippen LogP contribution in [0.4, 0.5) is 0 Å². The van der Waals surface area contributed by atoms with Gasteiger partial charge in [0.05, 0.1) is 29.0 Å². The standard InChI is InChI=1S/C24H24N4O/c1-23(2)21-12-17-10-15(13-25)4-6-18(17)24(23,3)8-9-28(21)22(29)16-5-7-19-20(11-16)27-14-26-19/h4-7,10-11,14,21H,8-9,12H2,1-3H3,(H,26,27)/t21-,24-/m0/s1. The Kier molecular flexibility index (Phi) is 3.67. The molecule has 1 fully saturated rings. The normalized spacial score (nSPS) is 24.8. The van der Waals surface area contributed by atoms with Gasteiger partial charge in [-0.2, -0.15) is 5.26 Å². The molecule has 0 unspecified atom stereocenters. The van der Waals surface area contributed by atoms with Gasteiger partial charge in [0.15, 0.2) is 0 Å². The summed E-state index contributed by atoms with van der Waals surface area (Å²) in [5.74, 6) is 0.0708. The van der Waals surface area contributed by atoms with Gasteiger partial charge in [-0.1, -0.05) is 26.8 Å². The Morgan fingerprint density at radius 3 is 2.86 bits per heavy atom. The molecule has 5 nitrogen and oxygen atoms in total. The molecule has 2 bridgehead atoms. The number of hydrogen-bond acceptors (Lipinski definition) is 3. The number of nitrogens with one attached hydrogen (secondary N) is 1. The number of hydrogen-bond donors (Lipinski definition) is 1. The summed E-state index contributed by atoms with van der Waals surface area (Å²) in [6.07, 6.45) is 3.35. The molecule has 5 heteroatoms. The Morgan fingerprint density at radius 1 is 1.24 bits per heavy atom. The van der Waals surface area contributed by atoms with Crippen molar-refractivity contribution >= 4 is 16.9 Å². The third-order valence-electron chi connectivity index (χ3n) is 7.65. The SMILES string of the molecule is CC1(C)[C@@H]2Cc3cc(C#N)ccc3[C@]1(C)CCN2C(=O)c1ccc2nc[nH]c2c1. The van der Waals surface area contributed by atoms with Gasteiger partial charge in [0.25, 0.3) is 5.91 Å². The monoisotopic (exact) mass is 384 g/mol. The topological polar surface area (TPSA) is 72.8 Å². The van der Waals surface area contributed by atoms with Crippen molar-refractivity contribution in [3.05, 3.63) is 65.0 Å². The molecule has 2 atom stereocenters. The second kappa shape index (κ2) is 5.93. The van der Waals surface area contributed by atoms with Crippen LogP contribution in [0.3, 0.4) is 0 Å². The van der Waals surface area contributed by atoms with Crippen molar-refractivity contribution in [2.75, 3.05) is 6.54 Å². The lowest BCUT2D eigenvalue weighted by atomic mass is 9.51. The van der Waals surface area contributed by atoms with Crippen LogP contribution in [0.2, 0.25) is 0 Å². The predicted octanol–water partition coefficient (Wildman–Crippen LogP) is 4.19. The number of imidazole rings is 1. The summed E-state index contributed by atoms with van der Waals surface area (Å²) in [5.41, 5.74) is 5.57. The summed E-state index contributed by atoms with van der Waals surface area (Å²) in [5, 5.41) is 9.34. The maximum atomic E-state index is 13.5. The fourth-order valence-electron chi connectivity index (χ4n) is 5.48. The molecule has 3 aromatic rings. The lowest BCUT2D eigenvalue weighted by molar-refractivity contribution is -0.0262. The number of rotatable bonds is 1. The zero-order valence-electron chi connectivity index (χ0n) is 17.0. The van der Waals surface area contributed by atoms with Gasteiger partial charge in [-0.05, 0) is 59.7 Å². The molecule has 0 radical (unpaired) electrons. The lowest BCUT2D eigenvalue weighted by Crippen LogP contribution is -2.64. The lowest BCUT2D eigenvalue weighted by Gasteiger charge is -2.60. The first-order valence-electron chi connectivity index (χ1n) is 10.1. The van der Waals surface area contributed by atoms with E-state index in [1.54, 1.807) is 6.33 Å². The molecular formula is C24H24N4O. The molecule has 1 N–H and O–H groups in total. The molecule has 1 aromatic heterocycles. The van der Waals surface area contributed by atoms with Gasteiger partial charge in [-0.25, -0.2) is 4.98 Å². The van der Waals surface area contributed by atoms with E-state index in [4.69, 9.17) is 0 Å². The number of H-pyrrole nitrogens is 1. The van der Waals surface area contributed by atoms with Gasteiger partial charge in [0.1, 0.15) is 0 Å². The zero-order valence-corrected chi connectivity index (χ0v) is 17.0. The van der Waals surface area contributed by atoms with E-state index in [2.05, 4.69) is 47.8 Å². The average molecular weight is 384 g/mol. The summed E-state index contributed by atoms with van der Waals surface area (Å²) in [7, 11) is 0. The Morgan fingerprint density at radius 2 is 2.07 bits per heavy atom. The third-order valence-corrected chi connectivity index (χ3v) is 7.65. The van der Waals surface area contributed by atoms with Crippen molar-refractivity contribution in [1.82, 2.24) is 14.9 Å². The largest absolute Gasteiger partial charge is 0.345 e. The fourth-order valence-corrected chi connectivity index (χ4v) is 5.48. The predicted molar refractivity (Wildman–Crippen MR) is 112 cm³/mol. The minimum Gasteiger partial charge on any atom is -0.345 e. The number of nitriles is 1. The fraction of sp³-hybridized carbons (Fsp3) is 0.375. The van der Waals surface area contributed by atoms with Crippen LogP contribution in [0, 0.1) is 16.7 Å². The second-order valence-corrected chi connectivity index (χ2v) is 9.14. The summed E-state index contributed by atoms with van der Waals surface area (Å²) >= 11 is 0. The summed E-state index contributed by atoms with van der Waals surface area (Å²) in [6.45, 7) is 7.64. The van der Waals surface area contributed by atoms with Crippen molar-refractivity contribution in [3.63, 3.8) is 0 Å². The highest BCUT2D eigenvalue weighted by Gasteiger charge is 2.56. The van der Waals surface area contributed by atoms with Crippen LogP contribution in [0.15, 0.2) is 42.7 Å². The maximum Gasteiger partial charge on any atom is 0.254 e. The van der Waals surface area contributed by atoms with E-state index in [1.165, 1.54) is 11.1 Å². The van der Waals surface area contributed by atoms with Gasteiger partial charge in [0.2, 0.25) is 0 Å². The summed E-state index contributed by atoms with van der Waals surface area (Å²) in [6, 6.07) is 14.1. The molecule has 0 saturated carbocycles. The first-order chi connectivity index (χ1) is 13.8. The molecule has 1 aliphatic carbocycles. The van der Waals surface area contributed by atoms with Crippen molar-refractivity contribution < 1.29 is 4.79 Å². The van der Waals surface area contributed by atoms with Crippen molar-refractivity contribution in [2.45, 2.75) is 45.1 Å². The number of benzene rings is 2. The van der Waals surface area contributed by atoms with Crippen molar-refractivity contribution in [1.29, 1.82) is 5.26 Å². The highest BCUT2D eigenvalue weighted by molar-refractivity contribution is 5.97. The van der Waals surface area contributed by atoms with E-state index < -0.39 is 0 Å². The number of aromatic amines is 1. The minimum absolute atomic E-state index is 0.0245. The quantitative estimate of drug-likeness (QED) is 0.684. The van der Waals surface area contributed by atoms with Gasteiger partial charge in [-0.15, -0.1) is 0 Å². The number of carbonyl (C=O) groups excluding carboxylic acids is 1. The summed E-state index contributed by atoms with van der Waals surface area (Å²) in [4.78, 5) is 22.9. The molecule has 0 spiro atoms. The van der Waals surface area contributed by atoms with Crippen LogP contribution in [0.5, 0.6) is 0 Å². The first kappa shape index (κ1) is 17.9.